The number of fused-ring (bicyclic) bond motifs is 1. The Balaban J connectivity index is 0.00000400. The third-order valence-electron chi connectivity index (χ3n) is 7.16. The number of carbonyl (C=O) groups is 1. The number of nitrogens with zero attached hydrogens (tertiary/aromatic N) is 4. The number of anilines is 1. The highest BCUT2D eigenvalue weighted by Crippen LogP contribution is 2.46. The van der Waals surface area contributed by atoms with Gasteiger partial charge >= 0.3 is 0 Å². The molecule has 1 aromatic carbocycles. The Labute approximate surface area is 228 Å². The van der Waals surface area contributed by atoms with Crippen LogP contribution in [-0.4, -0.2) is 65.4 Å². The number of rotatable bonds is 8. The van der Waals surface area contributed by atoms with Crippen molar-refractivity contribution in [3.63, 3.8) is 0 Å². The van der Waals surface area contributed by atoms with Crippen LogP contribution in [0.25, 0.3) is 11.2 Å². The van der Waals surface area contributed by atoms with E-state index in [1.165, 1.54) is 6.33 Å². The summed E-state index contributed by atoms with van der Waals surface area (Å²) in [5, 5.41) is 2.89. The second-order valence-corrected chi connectivity index (χ2v) is 17.7. The van der Waals surface area contributed by atoms with Gasteiger partial charge in [-0.15, -0.1) is 0 Å². The molecule has 38 heavy (non-hydrogen) atoms. The van der Waals surface area contributed by atoms with Crippen LogP contribution in [0.5, 0.6) is 0 Å². The highest BCUT2D eigenvalue weighted by Gasteiger charge is 2.51. The average Bonchev–Trinajstić information content (AvgIpc) is 3.40. The molecule has 0 bridgehead atoms. The molecule has 1 fully saturated rings. The van der Waals surface area contributed by atoms with Crippen molar-refractivity contribution < 1.29 is 18.5 Å². The van der Waals surface area contributed by atoms with Gasteiger partial charge < -0.3 is 19.0 Å². The molecular weight excluding hydrogens is 517 g/mol. The summed E-state index contributed by atoms with van der Waals surface area (Å²) in [5.74, 6) is 0.0908. The standard InChI is InChI=1S/C26H38N5O4PSi.CH4/c1-9-18-20(34-36(5)6)21(35-37(7,8)26(2,3)4)25(33-18)31-16-29-19-22(27-15-28-23(19)31)30-24(32)17-13-11-10-12-14-17;/h10-16,18,20-21,25H,9H2,1-8H3,(H,27,28,30,32);1H4/t18-,20+,21?,25-;/m1./s1. The molecule has 208 valence electrons. The molecule has 4 rings (SSSR count). The summed E-state index contributed by atoms with van der Waals surface area (Å²) >= 11 is 0. The topological polar surface area (TPSA) is 100 Å². The molecule has 0 radical (unpaired) electrons. The van der Waals surface area contributed by atoms with Gasteiger partial charge in [0.2, 0.25) is 0 Å². The molecule has 1 unspecified atom stereocenters. The fraction of sp³-hybridized carbons (Fsp3) is 0.556. The lowest BCUT2D eigenvalue weighted by Gasteiger charge is -2.40. The van der Waals surface area contributed by atoms with Gasteiger partial charge in [0.15, 0.2) is 31.5 Å². The van der Waals surface area contributed by atoms with E-state index in [9.17, 15) is 4.79 Å². The molecule has 1 amide bonds. The van der Waals surface area contributed by atoms with Gasteiger partial charge in [0.05, 0.1) is 12.4 Å². The molecular formula is C27H42N5O4PSi. The van der Waals surface area contributed by atoms with Crippen molar-refractivity contribution in [1.29, 1.82) is 0 Å². The molecule has 2 aromatic heterocycles. The van der Waals surface area contributed by atoms with Crippen molar-refractivity contribution in [2.45, 2.75) is 84.2 Å². The number of ether oxygens (including phenoxy) is 1. The Kier molecular flexibility index (Phi) is 9.48. The molecule has 9 nitrogen and oxygen atoms in total. The number of carbonyl (C=O) groups excluding carboxylic acids is 1. The Morgan fingerprint density at radius 3 is 2.42 bits per heavy atom. The van der Waals surface area contributed by atoms with Crippen molar-refractivity contribution in [3.05, 3.63) is 48.5 Å². The Morgan fingerprint density at radius 1 is 1.13 bits per heavy atom. The van der Waals surface area contributed by atoms with Gasteiger partial charge in [0, 0.05) is 13.7 Å². The summed E-state index contributed by atoms with van der Waals surface area (Å²) < 4.78 is 21.9. The molecule has 11 heteroatoms. The monoisotopic (exact) mass is 559 g/mol. The maximum Gasteiger partial charge on any atom is 0.256 e. The Hall–Kier alpha value is -2.23. The fourth-order valence-electron chi connectivity index (χ4n) is 4.17. The van der Waals surface area contributed by atoms with Crippen LogP contribution in [0.1, 0.15) is 58.1 Å². The van der Waals surface area contributed by atoms with E-state index in [4.69, 9.17) is 13.7 Å². The highest BCUT2D eigenvalue weighted by atomic mass is 31.1. The highest BCUT2D eigenvalue weighted by molar-refractivity contribution is 7.50. The van der Waals surface area contributed by atoms with Crippen LogP contribution in [0, 0.1) is 0 Å². The van der Waals surface area contributed by atoms with Gasteiger partial charge in [0.25, 0.3) is 5.91 Å². The summed E-state index contributed by atoms with van der Waals surface area (Å²) in [6.45, 7) is 17.5. The first kappa shape index (κ1) is 30.3. The lowest BCUT2D eigenvalue weighted by molar-refractivity contribution is -0.0323. The van der Waals surface area contributed by atoms with Gasteiger partial charge in [0.1, 0.15) is 18.5 Å². The number of nitrogens with one attached hydrogen (secondary N) is 1. The van der Waals surface area contributed by atoms with Crippen LogP contribution >= 0.6 is 8.15 Å². The fourth-order valence-corrected chi connectivity index (χ4v) is 6.20. The van der Waals surface area contributed by atoms with E-state index in [2.05, 4.69) is 74.4 Å². The third kappa shape index (κ3) is 6.15. The summed E-state index contributed by atoms with van der Waals surface area (Å²) in [6, 6.07) is 9.01. The zero-order valence-corrected chi connectivity index (χ0v) is 24.8. The normalized spacial score (nSPS) is 22.0. The minimum absolute atomic E-state index is 0. The van der Waals surface area contributed by atoms with E-state index in [1.807, 2.05) is 22.8 Å². The SMILES string of the molecule is C.CC[C@H]1O[C@@H](n2cnc3c(NC(=O)c4ccccc4)ncnc32)C(O[Si](C)(C)C(C)(C)C)[C@H]1OP(C)C. The molecule has 1 saturated heterocycles. The summed E-state index contributed by atoms with van der Waals surface area (Å²) in [7, 11) is -2.80. The van der Waals surface area contributed by atoms with Gasteiger partial charge in [-0.2, -0.15) is 0 Å². The zero-order valence-electron chi connectivity index (χ0n) is 22.9. The van der Waals surface area contributed by atoms with E-state index < -0.39 is 22.7 Å². The van der Waals surface area contributed by atoms with Gasteiger partial charge in [-0.3, -0.25) is 9.36 Å². The van der Waals surface area contributed by atoms with Crippen LogP contribution in [-0.2, 0) is 13.7 Å². The van der Waals surface area contributed by atoms with Crippen molar-refractivity contribution in [3.8, 4) is 0 Å². The molecule has 0 saturated carbocycles. The number of hydrogen-bond donors (Lipinski definition) is 1. The summed E-state index contributed by atoms with van der Waals surface area (Å²) in [4.78, 5) is 26.2. The van der Waals surface area contributed by atoms with Crippen LogP contribution in [0.3, 0.4) is 0 Å². The van der Waals surface area contributed by atoms with Crippen molar-refractivity contribution in [1.82, 2.24) is 19.5 Å². The lowest BCUT2D eigenvalue weighted by atomic mass is 10.1. The predicted octanol–water partition coefficient (Wildman–Crippen LogP) is 6.45. The number of aromatic nitrogens is 4. The van der Waals surface area contributed by atoms with Crippen LogP contribution in [0.2, 0.25) is 18.1 Å². The predicted molar refractivity (Wildman–Crippen MR) is 156 cm³/mol. The first-order valence-electron chi connectivity index (χ1n) is 12.6. The van der Waals surface area contributed by atoms with E-state index in [0.29, 0.717) is 22.5 Å². The first-order valence-corrected chi connectivity index (χ1v) is 17.7. The molecule has 3 aromatic rings. The van der Waals surface area contributed by atoms with Crippen LogP contribution in [0.15, 0.2) is 43.0 Å². The zero-order chi connectivity index (χ0) is 27.0. The second-order valence-electron chi connectivity index (χ2n) is 11.1. The van der Waals surface area contributed by atoms with E-state index in [0.717, 1.165) is 6.42 Å². The molecule has 3 heterocycles. The number of imidazole rings is 1. The van der Waals surface area contributed by atoms with Gasteiger partial charge in [-0.1, -0.05) is 53.3 Å². The summed E-state index contributed by atoms with van der Waals surface area (Å²) in [5.41, 5.74) is 1.60. The second kappa shape index (κ2) is 11.9. The average molecular weight is 560 g/mol. The minimum atomic E-state index is -2.17. The maximum absolute atomic E-state index is 12.8. The largest absolute Gasteiger partial charge is 0.407 e. The first-order chi connectivity index (χ1) is 17.4. The van der Waals surface area contributed by atoms with E-state index in [1.54, 1.807) is 18.5 Å². The molecule has 0 spiro atoms. The van der Waals surface area contributed by atoms with Crippen molar-refractivity contribution >= 4 is 39.4 Å². The smallest absolute Gasteiger partial charge is 0.256 e. The molecule has 0 aliphatic carbocycles. The number of hydrogen-bond acceptors (Lipinski definition) is 7. The maximum atomic E-state index is 12.8. The Bertz CT molecular complexity index is 1230. The van der Waals surface area contributed by atoms with E-state index >= 15 is 0 Å². The Morgan fingerprint density at radius 2 is 1.82 bits per heavy atom. The molecule has 1 aliphatic rings. The van der Waals surface area contributed by atoms with Gasteiger partial charge in [-0.05, 0) is 50.0 Å². The van der Waals surface area contributed by atoms with Gasteiger partial charge in [-0.25, -0.2) is 15.0 Å². The number of amides is 1. The molecule has 1 N–H and O–H groups in total. The minimum Gasteiger partial charge on any atom is -0.407 e. The quantitative estimate of drug-likeness (QED) is 0.250. The third-order valence-corrected chi connectivity index (χ3v) is 12.3. The van der Waals surface area contributed by atoms with Crippen LogP contribution < -0.4 is 5.32 Å². The molecule has 4 atom stereocenters. The molecule has 1 aliphatic heterocycles. The van der Waals surface area contributed by atoms with Crippen molar-refractivity contribution in [2.75, 3.05) is 18.6 Å². The summed E-state index contributed by atoms with van der Waals surface area (Å²) in [6.07, 6.45) is 2.79. The van der Waals surface area contributed by atoms with Crippen LogP contribution in [0.4, 0.5) is 5.82 Å². The van der Waals surface area contributed by atoms with E-state index in [-0.39, 0.29) is 36.7 Å². The lowest BCUT2D eigenvalue weighted by Crippen LogP contribution is -2.48. The number of benzene rings is 1. The van der Waals surface area contributed by atoms with Crippen molar-refractivity contribution in [2.24, 2.45) is 0 Å².